The number of hydrogen-bond donors (Lipinski definition) is 4. The van der Waals surface area contributed by atoms with Gasteiger partial charge in [0, 0.05) is 17.1 Å². The van der Waals surface area contributed by atoms with E-state index in [1.807, 2.05) is 30.4 Å². The van der Waals surface area contributed by atoms with Crippen LogP contribution in [0.5, 0.6) is 0 Å². The maximum absolute atomic E-state index is 10.8. The van der Waals surface area contributed by atoms with E-state index < -0.39 is 24.1 Å². The summed E-state index contributed by atoms with van der Waals surface area (Å²) in [4.78, 5) is 22.4. The Kier molecular flexibility index (Phi) is 15.3. The average molecular weight is 479 g/mol. The van der Waals surface area contributed by atoms with Crippen LogP contribution in [0.25, 0.3) is 6.08 Å². The van der Waals surface area contributed by atoms with E-state index in [2.05, 4.69) is 13.0 Å². The first-order valence-corrected chi connectivity index (χ1v) is 12.7. The molecule has 1 aromatic carbocycles. The zero-order valence-corrected chi connectivity index (χ0v) is 20.3. The lowest BCUT2D eigenvalue weighted by Crippen LogP contribution is -2.12. The predicted octanol–water partition coefficient (Wildman–Crippen LogP) is 5.31. The molecule has 0 aliphatic rings. The molecule has 0 radical (unpaired) electrons. The van der Waals surface area contributed by atoms with E-state index in [4.69, 9.17) is 10.2 Å². The van der Waals surface area contributed by atoms with E-state index >= 15 is 0 Å². The third-order valence-electron chi connectivity index (χ3n) is 5.07. The van der Waals surface area contributed by atoms with Crippen LogP contribution in [0.3, 0.4) is 0 Å². The van der Waals surface area contributed by atoms with Crippen molar-refractivity contribution in [2.45, 2.75) is 88.2 Å². The second-order valence-electron chi connectivity index (χ2n) is 8.13. The lowest BCUT2D eigenvalue weighted by atomic mass is 10.0. The van der Waals surface area contributed by atoms with Crippen LogP contribution >= 0.6 is 11.8 Å². The Balaban J connectivity index is 2.76. The monoisotopic (exact) mass is 478 g/mol. The van der Waals surface area contributed by atoms with E-state index in [1.165, 1.54) is 31.0 Å². The minimum absolute atomic E-state index is 0.0188. The van der Waals surface area contributed by atoms with Gasteiger partial charge in [-0.2, -0.15) is 0 Å². The highest BCUT2D eigenvalue weighted by molar-refractivity contribution is 7.99. The van der Waals surface area contributed by atoms with Gasteiger partial charge in [-0.1, -0.05) is 56.2 Å². The fraction of sp³-hybridized carbons (Fsp3) is 0.538. The molecule has 6 nitrogen and oxygen atoms in total. The maximum Gasteiger partial charge on any atom is 0.304 e. The summed E-state index contributed by atoms with van der Waals surface area (Å²) in [5, 5.41) is 38.3. The van der Waals surface area contributed by atoms with Crippen molar-refractivity contribution >= 4 is 29.8 Å². The fourth-order valence-electron chi connectivity index (χ4n) is 3.26. The highest BCUT2D eigenvalue weighted by Gasteiger charge is 2.12. The number of aliphatic hydroxyl groups excluding tert-OH is 2. The average Bonchev–Trinajstić information content (AvgIpc) is 2.75. The van der Waals surface area contributed by atoms with Gasteiger partial charge in [0.2, 0.25) is 0 Å². The van der Waals surface area contributed by atoms with E-state index in [0.717, 1.165) is 22.4 Å². The molecule has 0 aliphatic carbocycles. The number of hydrogen-bond acceptors (Lipinski definition) is 5. The highest BCUT2D eigenvalue weighted by atomic mass is 32.2. The summed E-state index contributed by atoms with van der Waals surface area (Å²) in [5.74, 6) is -1.31. The van der Waals surface area contributed by atoms with Crippen molar-refractivity contribution in [3.05, 3.63) is 47.6 Å². The Labute approximate surface area is 201 Å². The Morgan fingerprint density at radius 2 is 1.79 bits per heavy atom. The zero-order chi connectivity index (χ0) is 24.5. The second kappa shape index (κ2) is 17.4. The minimum Gasteiger partial charge on any atom is -0.481 e. The van der Waals surface area contributed by atoms with Crippen molar-refractivity contribution in [2.24, 2.45) is 0 Å². The summed E-state index contributed by atoms with van der Waals surface area (Å²) < 4.78 is 0. The quantitative estimate of drug-likeness (QED) is 0.128. The van der Waals surface area contributed by atoms with Crippen molar-refractivity contribution < 1.29 is 30.0 Å². The molecule has 0 heterocycles. The van der Waals surface area contributed by atoms with E-state index in [1.54, 1.807) is 6.08 Å². The predicted molar refractivity (Wildman–Crippen MR) is 134 cm³/mol. The highest BCUT2D eigenvalue weighted by Crippen LogP contribution is 2.27. The fourth-order valence-corrected chi connectivity index (χ4v) is 4.25. The molecule has 0 bridgehead atoms. The van der Waals surface area contributed by atoms with Gasteiger partial charge in [0.05, 0.1) is 18.6 Å². The Morgan fingerprint density at radius 1 is 1.03 bits per heavy atom. The van der Waals surface area contributed by atoms with Crippen molar-refractivity contribution in [2.75, 3.05) is 5.75 Å². The summed E-state index contributed by atoms with van der Waals surface area (Å²) in [7, 11) is 0. The number of aliphatic carboxylic acids is 2. The molecule has 2 unspecified atom stereocenters. The molecule has 0 saturated heterocycles. The van der Waals surface area contributed by atoms with Crippen LogP contribution < -0.4 is 0 Å². The number of carboxylic acid groups (broad SMARTS) is 2. The van der Waals surface area contributed by atoms with Crippen molar-refractivity contribution in [1.29, 1.82) is 0 Å². The van der Waals surface area contributed by atoms with Gasteiger partial charge in [-0.05, 0) is 55.7 Å². The molecule has 1 aromatic rings. The lowest BCUT2D eigenvalue weighted by Gasteiger charge is -2.14. The largest absolute Gasteiger partial charge is 0.481 e. The Morgan fingerprint density at radius 3 is 2.48 bits per heavy atom. The molecule has 1 rings (SSSR count). The number of aliphatic hydroxyl groups is 2. The third kappa shape index (κ3) is 14.6. The first kappa shape index (κ1) is 28.9. The lowest BCUT2D eigenvalue weighted by molar-refractivity contribution is -0.137. The van der Waals surface area contributed by atoms with Crippen LogP contribution in [-0.4, -0.2) is 50.3 Å². The molecule has 184 valence electrons. The van der Waals surface area contributed by atoms with Gasteiger partial charge in [0.15, 0.2) is 0 Å². The van der Waals surface area contributed by atoms with Gasteiger partial charge < -0.3 is 20.4 Å². The first-order valence-electron chi connectivity index (χ1n) is 11.7. The SMILES string of the molecule is CCCCCC=CCC(O)C=Cc1ccc(SCCC(=O)O)c(CC(O)CCCC(=O)O)c1. The maximum atomic E-state index is 10.8. The second-order valence-corrected chi connectivity index (χ2v) is 9.27. The minimum atomic E-state index is -0.881. The molecule has 7 heteroatoms. The van der Waals surface area contributed by atoms with Crippen LogP contribution in [0, 0.1) is 0 Å². The molecular weight excluding hydrogens is 440 g/mol. The number of carbonyl (C=O) groups is 2. The summed E-state index contributed by atoms with van der Waals surface area (Å²) >= 11 is 1.43. The topological polar surface area (TPSA) is 115 Å². The Hall–Kier alpha value is -2.09. The summed E-state index contributed by atoms with van der Waals surface area (Å²) in [6, 6.07) is 5.76. The molecule has 0 aliphatic heterocycles. The molecule has 0 spiro atoms. The van der Waals surface area contributed by atoms with Gasteiger partial charge in [-0.3, -0.25) is 9.59 Å². The normalized spacial score (nSPS) is 13.5. The van der Waals surface area contributed by atoms with Crippen molar-refractivity contribution in [3.8, 4) is 0 Å². The number of unbranched alkanes of at least 4 members (excludes halogenated alkanes) is 3. The number of allylic oxidation sites excluding steroid dienone is 1. The van der Waals surface area contributed by atoms with Crippen LogP contribution in [0.4, 0.5) is 0 Å². The Bertz CT molecular complexity index is 774. The zero-order valence-electron chi connectivity index (χ0n) is 19.5. The van der Waals surface area contributed by atoms with Gasteiger partial charge in [-0.15, -0.1) is 11.8 Å². The van der Waals surface area contributed by atoms with Crippen LogP contribution in [0.1, 0.15) is 75.8 Å². The third-order valence-corrected chi connectivity index (χ3v) is 6.19. The van der Waals surface area contributed by atoms with Gasteiger partial charge in [0.25, 0.3) is 0 Å². The standard InChI is InChI=1S/C26H38O6S/c1-2-3-4-5-6-7-9-22(27)14-12-20-13-15-24(33-17-16-26(31)32)21(18-20)19-23(28)10-8-11-25(29)30/h6-7,12-15,18,22-23,27-28H,2-5,8-11,16-17,19H2,1H3,(H,29,30)(H,31,32). The summed E-state index contributed by atoms with van der Waals surface area (Å²) in [6.45, 7) is 2.17. The smallest absolute Gasteiger partial charge is 0.304 e. The van der Waals surface area contributed by atoms with E-state index in [-0.39, 0.29) is 12.8 Å². The number of carboxylic acids is 2. The van der Waals surface area contributed by atoms with Gasteiger partial charge in [-0.25, -0.2) is 0 Å². The first-order chi connectivity index (χ1) is 15.8. The number of rotatable bonds is 18. The van der Waals surface area contributed by atoms with Gasteiger partial charge >= 0.3 is 11.9 Å². The van der Waals surface area contributed by atoms with Gasteiger partial charge in [0.1, 0.15) is 0 Å². The van der Waals surface area contributed by atoms with Crippen LogP contribution in [0.2, 0.25) is 0 Å². The molecule has 0 fully saturated rings. The molecule has 0 saturated carbocycles. The van der Waals surface area contributed by atoms with Crippen molar-refractivity contribution in [1.82, 2.24) is 0 Å². The summed E-state index contributed by atoms with van der Waals surface area (Å²) in [6.07, 6.45) is 12.8. The van der Waals surface area contributed by atoms with Crippen molar-refractivity contribution in [3.63, 3.8) is 0 Å². The van der Waals surface area contributed by atoms with E-state index in [0.29, 0.717) is 31.4 Å². The summed E-state index contributed by atoms with van der Waals surface area (Å²) in [5.41, 5.74) is 1.77. The van der Waals surface area contributed by atoms with Crippen LogP contribution in [0.15, 0.2) is 41.3 Å². The van der Waals surface area contributed by atoms with E-state index in [9.17, 15) is 19.8 Å². The molecular formula is C26H38O6S. The molecule has 0 aromatic heterocycles. The molecule has 33 heavy (non-hydrogen) atoms. The number of thioether (sulfide) groups is 1. The van der Waals surface area contributed by atoms with Crippen LogP contribution in [-0.2, 0) is 16.0 Å². The molecule has 0 amide bonds. The molecule has 2 atom stereocenters. The molecule has 4 N–H and O–H groups in total. The number of benzene rings is 1.